The molecule has 0 saturated carbocycles. The molecule has 2 aromatic rings. The minimum absolute atomic E-state index is 0.228. The third-order valence-electron chi connectivity index (χ3n) is 1.90. The molecule has 0 unspecified atom stereocenters. The van der Waals surface area contributed by atoms with Gasteiger partial charge < -0.3 is 5.11 Å². The van der Waals surface area contributed by atoms with Gasteiger partial charge in [0, 0.05) is 10.6 Å². The number of hydrogen-bond acceptors (Lipinski definition) is 5. The highest BCUT2D eigenvalue weighted by Crippen LogP contribution is 2.17. The van der Waals surface area contributed by atoms with Crippen LogP contribution in [0.15, 0.2) is 50.9 Å². The number of aromatic nitrogens is 2. The van der Waals surface area contributed by atoms with Crippen LogP contribution < -0.4 is 9.79 Å². The van der Waals surface area contributed by atoms with Crippen molar-refractivity contribution in [3.8, 4) is 0 Å². The van der Waals surface area contributed by atoms with Gasteiger partial charge >= 0.3 is 5.88 Å². The first kappa shape index (κ1) is 11.7. The van der Waals surface area contributed by atoms with Gasteiger partial charge in [0.2, 0.25) is 0 Å². The van der Waals surface area contributed by atoms with Gasteiger partial charge in [-0.3, -0.25) is 4.52 Å². The molecule has 1 aromatic heterocycles. The minimum Gasteiger partial charge on any atom is -0.861 e. The summed E-state index contributed by atoms with van der Waals surface area (Å²) >= 11 is 1.44. The first-order valence-corrected chi connectivity index (χ1v) is 5.97. The van der Waals surface area contributed by atoms with Crippen LogP contribution in [0.5, 0.6) is 0 Å². The van der Waals surface area contributed by atoms with Crippen molar-refractivity contribution in [3.05, 3.63) is 36.5 Å². The highest BCUT2D eigenvalue weighted by molar-refractivity contribution is 8.00. The Hall–Kier alpha value is -1.82. The fraction of sp³-hybridized carbons (Fsp3) is 0.182. The molecule has 1 heterocycles. The summed E-state index contributed by atoms with van der Waals surface area (Å²) < 4.78 is 6.26. The van der Waals surface area contributed by atoms with E-state index in [1.807, 2.05) is 30.3 Å². The lowest BCUT2D eigenvalue weighted by Gasteiger charge is -2.07. The van der Waals surface area contributed by atoms with Gasteiger partial charge in [-0.15, -0.1) is 11.8 Å². The van der Waals surface area contributed by atoms with E-state index in [4.69, 9.17) is 4.52 Å². The molecule has 0 fully saturated rings. The zero-order chi connectivity index (χ0) is 12.1. The maximum absolute atomic E-state index is 11.5. The quantitative estimate of drug-likeness (QED) is 0.346. The first-order chi connectivity index (χ1) is 8.24. The lowest BCUT2D eigenvalue weighted by atomic mass is 10.4. The highest BCUT2D eigenvalue weighted by atomic mass is 32.2. The van der Waals surface area contributed by atoms with E-state index in [0.717, 1.165) is 4.90 Å². The second-order valence-electron chi connectivity index (χ2n) is 3.32. The normalized spacial score (nSPS) is 11.7. The maximum atomic E-state index is 11.5. The van der Waals surface area contributed by atoms with E-state index < -0.39 is 0 Å². The molecule has 0 amide bonds. The van der Waals surface area contributed by atoms with Crippen LogP contribution in [0.3, 0.4) is 0 Å². The Morgan fingerprint density at radius 3 is 2.88 bits per heavy atom. The van der Waals surface area contributed by atoms with E-state index >= 15 is 0 Å². The molecule has 0 atom stereocenters. The molecule has 0 radical (unpaired) electrons. The number of nitrogens with zero attached hydrogens (tertiary/aromatic N) is 3. The molecular formula is C11H11N3O2S. The smallest absolute Gasteiger partial charge is 0.320 e. The summed E-state index contributed by atoms with van der Waals surface area (Å²) in [5.41, 5.74) is 0. The lowest BCUT2D eigenvalue weighted by Crippen LogP contribution is -2.27. The van der Waals surface area contributed by atoms with Crippen LogP contribution in [0, 0.1) is 0 Å². The van der Waals surface area contributed by atoms with E-state index in [1.54, 1.807) is 13.2 Å². The van der Waals surface area contributed by atoms with Crippen molar-refractivity contribution in [3.63, 3.8) is 0 Å². The summed E-state index contributed by atoms with van der Waals surface area (Å²) in [6.07, 6.45) is 1.55. The van der Waals surface area contributed by atoms with Crippen LogP contribution >= 0.6 is 11.8 Å². The Morgan fingerprint density at radius 1 is 1.47 bits per heavy atom. The van der Waals surface area contributed by atoms with Crippen LogP contribution in [0.1, 0.15) is 0 Å². The summed E-state index contributed by atoms with van der Waals surface area (Å²) in [6.45, 7) is 0. The molecule has 0 bridgehead atoms. The number of rotatable bonds is 4. The van der Waals surface area contributed by atoms with Gasteiger partial charge in [0.15, 0.2) is 12.3 Å². The van der Waals surface area contributed by atoms with Crippen molar-refractivity contribution >= 4 is 23.5 Å². The number of aliphatic imine (C=N–C) groups is 1. The number of aryl methyl sites for hydroxylation is 1. The van der Waals surface area contributed by atoms with Gasteiger partial charge in [0.25, 0.3) is 6.20 Å². The largest absolute Gasteiger partial charge is 0.861 e. The van der Waals surface area contributed by atoms with Crippen molar-refractivity contribution in [2.45, 2.75) is 4.90 Å². The zero-order valence-electron chi connectivity index (χ0n) is 9.24. The minimum atomic E-state index is -0.240. The SMILES string of the molecule is C[n+]1cc(/N=C(\[O-])CSc2ccccc2)on1. The second kappa shape index (κ2) is 5.49. The molecule has 0 aliphatic rings. The van der Waals surface area contributed by atoms with Gasteiger partial charge in [0.1, 0.15) is 0 Å². The van der Waals surface area contributed by atoms with Crippen molar-refractivity contribution in [1.29, 1.82) is 0 Å². The van der Waals surface area contributed by atoms with E-state index in [0.29, 0.717) is 0 Å². The van der Waals surface area contributed by atoms with Gasteiger partial charge in [-0.1, -0.05) is 22.9 Å². The monoisotopic (exact) mass is 249 g/mol. The number of hydrogen-bond donors (Lipinski definition) is 0. The van der Waals surface area contributed by atoms with E-state index in [2.05, 4.69) is 10.3 Å². The summed E-state index contributed by atoms with van der Waals surface area (Å²) in [7, 11) is 1.70. The van der Waals surface area contributed by atoms with Gasteiger partial charge in [-0.05, 0) is 18.0 Å². The molecule has 1 aromatic carbocycles. The predicted molar refractivity (Wildman–Crippen MR) is 61.9 cm³/mol. The Labute approximate surface area is 103 Å². The van der Waals surface area contributed by atoms with Crippen LogP contribution in [0.4, 0.5) is 5.88 Å². The van der Waals surface area contributed by atoms with E-state index in [9.17, 15) is 5.11 Å². The Balaban J connectivity index is 1.93. The molecule has 0 saturated heterocycles. The molecule has 0 spiro atoms. The summed E-state index contributed by atoms with van der Waals surface area (Å²) in [5, 5.41) is 15.1. The molecule has 17 heavy (non-hydrogen) atoms. The molecule has 6 heteroatoms. The fourth-order valence-corrected chi connectivity index (χ4v) is 1.88. The molecule has 0 N–H and O–H groups in total. The van der Waals surface area contributed by atoms with Gasteiger partial charge in [-0.25, -0.2) is 4.99 Å². The van der Waals surface area contributed by atoms with Crippen LogP contribution in [0.25, 0.3) is 0 Å². The maximum Gasteiger partial charge on any atom is 0.320 e. The summed E-state index contributed by atoms with van der Waals surface area (Å²) in [6, 6.07) is 9.70. The predicted octanol–water partition coefficient (Wildman–Crippen LogP) is 0.682. The van der Waals surface area contributed by atoms with Crippen LogP contribution in [0.2, 0.25) is 0 Å². The third kappa shape index (κ3) is 3.60. The molecule has 0 aliphatic heterocycles. The molecular weight excluding hydrogens is 238 g/mol. The standard InChI is InChI=1S/C11H11N3O2S/c1-14-7-11(16-13-14)12-10(15)8-17-9-5-3-2-4-6-9/h2-7H,8H2,1H3. The van der Waals surface area contributed by atoms with Crippen LogP contribution in [-0.2, 0) is 7.05 Å². The molecule has 5 nitrogen and oxygen atoms in total. The Bertz CT molecular complexity index is 510. The van der Waals surface area contributed by atoms with Crippen LogP contribution in [-0.4, -0.2) is 16.9 Å². The van der Waals surface area contributed by atoms with Gasteiger partial charge in [-0.2, -0.15) is 0 Å². The third-order valence-corrected chi connectivity index (χ3v) is 2.90. The number of benzene rings is 1. The van der Waals surface area contributed by atoms with Crippen molar-refractivity contribution in [1.82, 2.24) is 5.27 Å². The Kier molecular flexibility index (Phi) is 3.77. The average Bonchev–Trinajstić information content (AvgIpc) is 2.73. The average molecular weight is 249 g/mol. The summed E-state index contributed by atoms with van der Waals surface area (Å²) in [4.78, 5) is 4.83. The van der Waals surface area contributed by atoms with Crippen molar-refractivity contribution < 1.29 is 14.3 Å². The van der Waals surface area contributed by atoms with Crippen molar-refractivity contribution in [2.24, 2.45) is 12.0 Å². The molecule has 88 valence electrons. The fourth-order valence-electron chi connectivity index (χ4n) is 1.18. The van der Waals surface area contributed by atoms with E-state index in [1.165, 1.54) is 16.4 Å². The second-order valence-corrected chi connectivity index (χ2v) is 4.37. The highest BCUT2D eigenvalue weighted by Gasteiger charge is 2.03. The zero-order valence-corrected chi connectivity index (χ0v) is 10.1. The van der Waals surface area contributed by atoms with Crippen molar-refractivity contribution in [2.75, 3.05) is 5.75 Å². The van der Waals surface area contributed by atoms with Gasteiger partial charge in [0.05, 0.1) is 0 Å². The first-order valence-electron chi connectivity index (χ1n) is 4.99. The lowest BCUT2D eigenvalue weighted by molar-refractivity contribution is -0.739. The molecule has 2 rings (SSSR count). The number of thioether (sulfide) groups is 1. The van der Waals surface area contributed by atoms with E-state index in [-0.39, 0.29) is 17.5 Å². The summed E-state index contributed by atoms with van der Waals surface area (Å²) in [5.74, 6) is 0.274. The molecule has 0 aliphatic carbocycles. The Morgan fingerprint density at radius 2 is 2.24 bits per heavy atom. The topological polar surface area (TPSA) is 65.3 Å².